The minimum absolute atomic E-state index is 0.291. The summed E-state index contributed by atoms with van der Waals surface area (Å²) >= 11 is 0. The maximum Gasteiger partial charge on any atom is 0.413 e. The van der Waals surface area contributed by atoms with Crippen LogP contribution in [0.2, 0.25) is 0 Å². The lowest BCUT2D eigenvalue weighted by atomic mass is 10.2. The van der Waals surface area contributed by atoms with Crippen molar-refractivity contribution in [1.82, 2.24) is 10.3 Å². The van der Waals surface area contributed by atoms with E-state index in [9.17, 15) is 4.79 Å². The Morgan fingerprint density at radius 3 is 2.72 bits per heavy atom. The summed E-state index contributed by atoms with van der Waals surface area (Å²) in [5.41, 5.74) is 1.89. The van der Waals surface area contributed by atoms with Gasteiger partial charge in [0.2, 0.25) is 5.88 Å². The summed E-state index contributed by atoms with van der Waals surface area (Å²) in [7, 11) is 5.47. The van der Waals surface area contributed by atoms with Crippen LogP contribution < -0.4 is 15.0 Å². The molecule has 0 atom stereocenters. The molecule has 2 aromatic rings. The van der Waals surface area contributed by atoms with Crippen molar-refractivity contribution in [2.24, 2.45) is 0 Å². The van der Waals surface area contributed by atoms with Gasteiger partial charge in [-0.25, -0.2) is 9.78 Å². The first-order valence-electron chi connectivity index (χ1n) is 5.58. The fourth-order valence-corrected chi connectivity index (χ4v) is 1.58. The van der Waals surface area contributed by atoms with Gasteiger partial charge in [-0.15, -0.1) is 0 Å². The van der Waals surface area contributed by atoms with Gasteiger partial charge in [-0.2, -0.15) is 0 Å². The van der Waals surface area contributed by atoms with Gasteiger partial charge in [-0.1, -0.05) is 0 Å². The highest BCUT2D eigenvalue weighted by Crippen LogP contribution is 2.21. The molecule has 0 spiro atoms. The summed E-state index contributed by atoms with van der Waals surface area (Å²) in [6.45, 7) is 0. The van der Waals surface area contributed by atoms with Crippen molar-refractivity contribution in [2.45, 2.75) is 0 Å². The van der Waals surface area contributed by atoms with Gasteiger partial charge in [0.05, 0.1) is 5.52 Å². The third-order valence-corrected chi connectivity index (χ3v) is 2.57. The minimum atomic E-state index is -0.522. The predicted molar refractivity (Wildman–Crippen MR) is 71.2 cm³/mol. The van der Waals surface area contributed by atoms with Crippen LogP contribution >= 0.6 is 0 Å². The topological polar surface area (TPSA) is 54.5 Å². The molecule has 18 heavy (non-hydrogen) atoms. The fraction of sp³-hybridized carbons (Fsp3) is 0.231. The van der Waals surface area contributed by atoms with E-state index in [0.29, 0.717) is 5.88 Å². The second kappa shape index (κ2) is 4.91. The Kier molecular flexibility index (Phi) is 3.32. The number of pyridine rings is 1. The van der Waals surface area contributed by atoms with Gasteiger partial charge in [0.15, 0.2) is 0 Å². The number of nitrogens with zero attached hydrogens (tertiary/aromatic N) is 2. The predicted octanol–water partition coefficient (Wildman–Crippen LogP) is 2.02. The highest BCUT2D eigenvalue weighted by atomic mass is 16.6. The number of nitrogens with one attached hydrogen (secondary N) is 1. The number of fused-ring (bicyclic) bond motifs is 1. The van der Waals surface area contributed by atoms with Crippen LogP contribution in [-0.4, -0.2) is 32.2 Å². The molecule has 0 radical (unpaired) electrons. The van der Waals surface area contributed by atoms with Gasteiger partial charge in [-0.05, 0) is 24.3 Å². The maximum absolute atomic E-state index is 11.1. The van der Waals surface area contributed by atoms with Gasteiger partial charge < -0.3 is 15.0 Å². The van der Waals surface area contributed by atoms with Crippen LogP contribution in [0.5, 0.6) is 5.88 Å². The lowest BCUT2D eigenvalue weighted by Crippen LogP contribution is -2.22. The van der Waals surface area contributed by atoms with Crippen LogP contribution in [0.4, 0.5) is 10.5 Å². The van der Waals surface area contributed by atoms with E-state index in [1.807, 2.05) is 43.3 Å². The zero-order valence-corrected chi connectivity index (χ0v) is 10.6. The fourth-order valence-electron chi connectivity index (χ4n) is 1.58. The van der Waals surface area contributed by atoms with Gasteiger partial charge in [0.25, 0.3) is 0 Å². The summed E-state index contributed by atoms with van der Waals surface area (Å²) in [5.74, 6) is 0.291. The van der Waals surface area contributed by atoms with Gasteiger partial charge in [0, 0.05) is 38.3 Å². The van der Waals surface area contributed by atoms with Gasteiger partial charge in [-0.3, -0.25) is 0 Å². The number of amides is 1. The standard InChI is InChI=1S/C13H15N3O2/c1-14-13(17)18-12-7-4-9-8-10(16(2)3)5-6-11(9)15-12/h4-8H,1-3H3,(H,14,17). The first-order chi connectivity index (χ1) is 8.60. The largest absolute Gasteiger partial charge is 0.413 e. The van der Waals surface area contributed by atoms with E-state index in [1.54, 1.807) is 6.07 Å². The Morgan fingerprint density at radius 2 is 2.06 bits per heavy atom. The van der Waals surface area contributed by atoms with Crippen LogP contribution in [0.25, 0.3) is 10.9 Å². The van der Waals surface area contributed by atoms with Gasteiger partial charge in [0.1, 0.15) is 0 Å². The molecule has 0 aliphatic carbocycles. The lowest BCUT2D eigenvalue weighted by Gasteiger charge is -2.12. The Balaban J connectivity index is 2.35. The second-order valence-electron chi connectivity index (χ2n) is 4.06. The number of rotatable bonds is 2. The number of hydrogen-bond acceptors (Lipinski definition) is 4. The molecule has 1 aromatic carbocycles. The number of hydrogen-bond donors (Lipinski definition) is 1. The number of benzene rings is 1. The van der Waals surface area contributed by atoms with Crippen LogP contribution in [0.15, 0.2) is 30.3 Å². The first kappa shape index (κ1) is 12.2. The molecule has 1 heterocycles. The number of carbonyl (C=O) groups is 1. The highest BCUT2D eigenvalue weighted by Gasteiger charge is 2.05. The molecule has 1 aromatic heterocycles. The van der Waals surface area contributed by atoms with E-state index in [2.05, 4.69) is 10.3 Å². The van der Waals surface area contributed by atoms with Gasteiger partial charge >= 0.3 is 6.09 Å². The third kappa shape index (κ3) is 2.51. The summed E-state index contributed by atoms with van der Waals surface area (Å²) in [4.78, 5) is 17.4. The highest BCUT2D eigenvalue weighted by molar-refractivity contribution is 5.83. The van der Waals surface area contributed by atoms with Crippen molar-refractivity contribution in [3.63, 3.8) is 0 Å². The second-order valence-corrected chi connectivity index (χ2v) is 4.06. The summed E-state index contributed by atoms with van der Waals surface area (Å²) in [6, 6.07) is 9.47. The average molecular weight is 245 g/mol. The van der Waals surface area contributed by atoms with E-state index in [1.165, 1.54) is 7.05 Å². The number of anilines is 1. The first-order valence-corrected chi connectivity index (χ1v) is 5.58. The SMILES string of the molecule is CNC(=O)Oc1ccc2cc(N(C)C)ccc2n1. The zero-order valence-electron chi connectivity index (χ0n) is 10.6. The maximum atomic E-state index is 11.1. The molecule has 0 fully saturated rings. The lowest BCUT2D eigenvalue weighted by molar-refractivity contribution is 0.201. The molecule has 0 aliphatic rings. The van der Waals surface area contributed by atoms with Crippen molar-refractivity contribution < 1.29 is 9.53 Å². The molecule has 1 amide bonds. The van der Waals surface area contributed by atoms with Crippen molar-refractivity contribution >= 4 is 22.7 Å². The zero-order chi connectivity index (χ0) is 13.1. The average Bonchev–Trinajstić information content (AvgIpc) is 2.37. The minimum Gasteiger partial charge on any atom is -0.391 e. The van der Waals surface area contributed by atoms with E-state index in [-0.39, 0.29) is 0 Å². The van der Waals surface area contributed by atoms with E-state index in [4.69, 9.17) is 4.74 Å². The van der Waals surface area contributed by atoms with Crippen LogP contribution in [0, 0.1) is 0 Å². The molecule has 0 aliphatic heterocycles. The van der Waals surface area contributed by atoms with Crippen molar-refractivity contribution in [3.05, 3.63) is 30.3 Å². The van der Waals surface area contributed by atoms with Crippen LogP contribution in [0.3, 0.4) is 0 Å². The smallest absolute Gasteiger partial charge is 0.391 e. The van der Waals surface area contributed by atoms with Crippen LogP contribution in [-0.2, 0) is 0 Å². The number of carbonyl (C=O) groups excluding carboxylic acids is 1. The van der Waals surface area contributed by atoms with E-state index >= 15 is 0 Å². The monoisotopic (exact) mass is 245 g/mol. The Morgan fingerprint density at radius 1 is 1.28 bits per heavy atom. The molecule has 0 bridgehead atoms. The molecule has 94 valence electrons. The molecule has 1 N–H and O–H groups in total. The number of ether oxygens (including phenoxy) is 1. The Bertz CT molecular complexity index is 581. The van der Waals surface area contributed by atoms with E-state index < -0.39 is 6.09 Å². The Labute approximate surface area is 105 Å². The van der Waals surface area contributed by atoms with Crippen molar-refractivity contribution in [3.8, 4) is 5.88 Å². The molecular weight excluding hydrogens is 230 g/mol. The molecule has 0 unspecified atom stereocenters. The summed E-state index contributed by atoms with van der Waals surface area (Å²) in [5, 5.41) is 3.38. The molecular formula is C13H15N3O2. The quantitative estimate of drug-likeness (QED) is 0.879. The normalized spacial score (nSPS) is 10.2. The number of aromatic nitrogens is 1. The van der Waals surface area contributed by atoms with Crippen molar-refractivity contribution in [1.29, 1.82) is 0 Å². The molecule has 2 rings (SSSR count). The van der Waals surface area contributed by atoms with Crippen LogP contribution in [0.1, 0.15) is 0 Å². The molecule has 5 nitrogen and oxygen atoms in total. The molecule has 0 saturated heterocycles. The van der Waals surface area contributed by atoms with Crippen molar-refractivity contribution in [2.75, 3.05) is 26.0 Å². The molecule has 5 heteroatoms. The van der Waals surface area contributed by atoms with E-state index in [0.717, 1.165) is 16.6 Å². The third-order valence-electron chi connectivity index (χ3n) is 2.57. The molecule has 0 saturated carbocycles. The summed E-state index contributed by atoms with van der Waals surface area (Å²) < 4.78 is 4.98. The Hall–Kier alpha value is -2.30. The summed E-state index contributed by atoms with van der Waals surface area (Å²) in [6.07, 6.45) is -0.522.